The fourth-order valence-electron chi connectivity index (χ4n) is 3.73. The highest BCUT2D eigenvalue weighted by molar-refractivity contribution is 7.98. The molecule has 0 unspecified atom stereocenters. The summed E-state index contributed by atoms with van der Waals surface area (Å²) in [5, 5.41) is 3.30. The van der Waals surface area contributed by atoms with Gasteiger partial charge in [-0.05, 0) is 73.0 Å². The first-order chi connectivity index (χ1) is 17.7. The molecule has 1 N–H and O–H groups in total. The van der Waals surface area contributed by atoms with Crippen molar-refractivity contribution < 1.29 is 13.2 Å². The molecule has 0 aliphatic carbocycles. The number of anilines is 2. The average molecular weight is 551 g/mol. The second-order valence-corrected chi connectivity index (χ2v) is 11.9. The third-order valence-corrected chi connectivity index (χ3v) is 9.05. The smallest absolute Gasteiger partial charge is 0.264 e. The molecule has 0 bridgehead atoms. The van der Waals surface area contributed by atoms with Crippen LogP contribution >= 0.6 is 23.4 Å². The maximum Gasteiger partial charge on any atom is 0.264 e. The number of carbonyl (C=O) groups excluding carboxylic acids is 1. The van der Waals surface area contributed by atoms with Gasteiger partial charge in [-0.1, -0.05) is 66.2 Å². The molecule has 1 amide bonds. The molecule has 190 valence electrons. The van der Waals surface area contributed by atoms with Crippen molar-refractivity contribution in [3.63, 3.8) is 0 Å². The minimum Gasteiger partial charge on any atom is -0.324 e. The Hall–Kier alpha value is -3.26. The number of hydrogen-bond acceptors (Lipinski definition) is 4. The monoisotopic (exact) mass is 550 g/mol. The quantitative estimate of drug-likeness (QED) is 0.226. The zero-order valence-electron chi connectivity index (χ0n) is 20.5. The van der Waals surface area contributed by atoms with Gasteiger partial charge in [-0.25, -0.2) is 8.42 Å². The Labute approximate surface area is 227 Å². The van der Waals surface area contributed by atoms with Gasteiger partial charge in [0.25, 0.3) is 10.0 Å². The van der Waals surface area contributed by atoms with Crippen LogP contribution in [-0.4, -0.2) is 20.9 Å². The van der Waals surface area contributed by atoms with Gasteiger partial charge >= 0.3 is 0 Å². The van der Waals surface area contributed by atoms with Crippen molar-refractivity contribution >= 4 is 50.7 Å². The van der Waals surface area contributed by atoms with E-state index in [9.17, 15) is 13.2 Å². The lowest BCUT2D eigenvalue weighted by atomic mass is 10.1. The van der Waals surface area contributed by atoms with Crippen LogP contribution in [0.1, 0.15) is 16.7 Å². The normalized spacial score (nSPS) is 11.2. The van der Waals surface area contributed by atoms with Crippen molar-refractivity contribution in [3.05, 3.63) is 119 Å². The van der Waals surface area contributed by atoms with E-state index in [2.05, 4.69) is 17.4 Å². The van der Waals surface area contributed by atoms with Crippen molar-refractivity contribution in [2.24, 2.45) is 0 Å². The largest absolute Gasteiger partial charge is 0.324 e. The maximum absolute atomic E-state index is 13.5. The van der Waals surface area contributed by atoms with Gasteiger partial charge in [-0.2, -0.15) is 0 Å². The summed E-state index contributed by atoms with van der Waals surface area (Å²) >= 11 is 8.04. The number of aryl methyl sites for hydroxylation is 2. The summed E-state index contributed by atoms with van der Waals surface area (Å²) < 4.78 is 28.1. The van der Waals surface area contributed by atoms with Crippen LogP contribution < -0.4 is 9.62 Å². The van der Waals surface area contributed by atoms with Crippen molar-refractivity contribution in [2.75, 3.05) is 16.2 Å². The van der Waals surface area contributed by atoms with Gasteiger partial charge in [0, 0.05) is 21.4 Å². The standard InChI is InChI=1S/C29H27ClN2O3S2/c1-21-13-15-24(18-27(21)30)32(37(34,35)26-11-7-4-8-12-26)19-29(33)31-28-16-14-23(17-22(28)2)20-36-25-9-5-3-6-10-25/h3-18H,19-20H2,1-2H3,(H,31,33). The lowest BCUT2D eigenvalue weighted by molar-refractivity contribution is -0.114. The molecular weight excluding hydrogens is 524 g/mol. The lowest BCUT2D eigenvalue weighted by Gasteiger charge is -2.25. The van der Waals surface area contributed by atoms with Crippen LogP contribution in [0.5, 0.6) is 0 Å². The number of benzene rings is 4. The molecule has 0 radical (unpaired) electrons. The molecule has 0 fully saturated rings. The van der Waals surface area contributed by atoms with Crippen molar-refractivity contribution in [3.8, 4) is 0 Å². The first-order valence-electron chi connectivity index (χ1n) is 11.7. The highest BCUT2D eigenvalue weighted by Gasteiger charge is 2.27. The number of nitrogens with zero attached hydrogens (tertiary/aromatic N) is 1. The minimum absolute atomic E-state index is 0.0935. The van der Waals surface area contributed by atoms with E-state index in [4.69, 9.17) is 11.6 Å². The van der Waals surface area contributed by atoms with Crippen LogP contribution in [0.25, 0.3) is 0 Å². The molecule has 0 saturated carbocycles. The maximum atomic E-state index is 13.5. The molecule has 0 spiro atoms. The number of hydrogen-bond donors (Lipinski definition) is 1. The second kappa shape index (κ2) is 11.9. The Morgan fingerprint density at radius 2 is 1.54 bits per heavy atom. The SMILES string of the molecule is Cc1ccc(N(CC(=O)Nc2ccc(CSc3ccccc3)cc2C)S(=O)(=O)c2ccccc2)cc1Cl. The first-order valence-corrected chi connectivity index (χ1v) is 14.5. The Morgan fingerprint density at radius 1 is 0.865 bits per heavy atom. The molecule has 4 rings (SSSR count). The Balaban J connectivity index is 1.53. The third kappa shape index (κ3) is 6.74. The van der Waals surface area contributed by atoms with E-state index in [1.165, 1.54) is 17.0 Å². The van der Waals surface area contributed by atoms with E-state index in [0.29, 0.717) is 16.4 Å². The van der Waals surface area contributed by atoms with E-state index in [-0.39, 0.29) is 4.90 Å². The summed E-state index contributed by atoms with van der Waals surface area (Å²) in [7, 11) is -4.01. The summed E-state index contributed by atoms with van der Waals surface area (Å²) in [6.45, 7) is 3.35. The molecule has 4 aromatic carbocycles. The number of thioether (sulfide) groups is 1. The van der Waals surface area contributed by atoms with Crippen molar-refractivity contribution in [1.29, 1.82) is 0 Å². The number of sulfonamides is 1. The van der Waals surface area contributed by atoms with Gasteiger partial charge in [0.2, 0.25) is 5.91 Å². The molecule has 8 heteroatoms. The molecule has 0 saturated heterocycles. The molecular formula is C29H27ClN2O3S2. The second-order valence-electron chi connectivity index (χ2n) is 8.56. The summed E-state index contributed by atoms with van der Waals surface area (Å²) in [6.07, 6.45) is 0. The van der Waals surface area contributed by atoms with Gasteiger partial charge in [0.15, 0.2) is 0 Å². The Kier molecular flexibility index (Phi) is 8.59. The van der Waals surface area contributed by atoms with Gasteiger partial charge in [0.05, 0.1) is 10.6 Å². The van der Waals surface area contributed by atoms with Crippen LogP contribution in [-0.2, 0) is 20.6 Å². The number of carbonyl (C=O) groups is 1. The summed E-state index contributed by atoms with van der Waals surface area (Å²) in [4.78, 5) is 14.4. The lowest BCUT2D eigenvalue weighted by Crippen LogP contribution is -2.38. The van der Waals surface area contributed by atoms with E-state index < -0.39 is 22.5 Å². The number of amides is 1. The van der Waals surface area contributed by atoms with Crippen LogP contribution in [0.15, 0.2) is 107 Å². The molecule has 0 aromatic heterocycles. The Morgan fingerprint density at radius 3 is 2.19 bits per heavy atom. The molecule has 0 aliphatic heterocycles. The van der Waals surface area contributed by atoms with Crippen LogP contribution in [0.3, 0.4) is 0 Å². The van der Waals surface area contributed by atoms with Crippen LogP contribution in [0, 0.1) is 13.8 Å². The number of halogens is 1. The van der Waals surface area contributed by atoms with E-state index >= 15 is 0 Å². The fourth-order valence-corrected chi connectivity index (χ4v) is 6.20. The Bertz CT molecular complexity index is 1490. The topological polar surface area (TPSA) is 66.5 Å². The predicted molar refractivity (Wildman–Crippen MR) is 153 cm³/mol. The fraction of sp³-hybridized carbons (Fsp3) is 0.138. The molecule has 37 heavy (non-hydrogen) atoms. The molecule has 5 nitrogen and oxygen atoms in total. The molecule has 0 aliphatic rings. The van der Waals surface area contributed by atoms with Gasteiger partial charge in [-0.15, -0.1) is 11.8 Å². The zero-order valence-corrected chi connectivity index (χ0v) is 22.9. The summed E-state index contributed by atoms with van der Waals surface area (Å²) in [5.74, 6) is 0.349. The van der Waals surface area contributed by atoms with E-state index in [1.807, 2.05) is 50.2 Å². The molecule has 0 atom stereocenters. The van der Waals surface area contributed by atoms with E-state index in [1.54, 1.807) is 48.2 Å². The minimum atomic E-state index is -4.01. The van der Waals surface area contributed by atoms with Crippen LogP contribution in [0.4, 0.5) is 11.4 Å². The third-order valence-electron chi connectivity index (χ3n) is 5.78. The molecule has 0 heterocycles. The van der Waals surface area contributed by atoms with Crippen LogP contribution in [0.2, 0.25) is 5.02 Å². The highest BCUT2D eigenvalue weighted by atomic mass is 35.5. The number of rotatable bonds is 9. The van der Waals surface area contributed by atoms with Gasteiger partial charge < -0.3 is 5.32 Å². The highest BCUT2D eigenvalue weighted by Crippen LogP contribution is 2.29. The van der Waals surface area contributed by atoms with Crippen molar-refractivity contribution in [1.82, 2.24) is 0 Å². The summed E-state index contributed by atoms with van der Waals surface area (Å²) in [5.41, 5.74) is 3.80. The average Bonchev–Trinajstić information content (AvgIpc) is 2.90. The van der Waals surface area contributed by atoms with Gasteiger partial charge in [-0.3, -0.25) is 9.10 Å². The van der Waals surface area contributed by atoms with Crippen molar-refractivity contribution in [2.45, 2.75) is 29.4 Å². The van der Waals surface area contributed by atoms with E-state index in [0.717, 1.165) is 26.7 Å². The number of nitrogens with one attached hydrogen (secondary N) is 1. The first kappa shape index (κ1) is 26.8. The van der Waals surface area contributed by atoms with Gasteiger partial charge in [0.1, 0.15) is 6.54 Å². The summed E-state index contributed by atoms with van der Waals surface area (Å²) in [6, 6.07) is 29.0. The molecule has 4 aromatic rings. The zero-order chi connectivity index (χ0) is 26.4. The predicted octanol–water partition coefficient (Wildman–Crippen LogP) is 7.08.